The fourth-order valence-electron chi connectivity index (χ4n) is 3.00. The molecule has 4 rings (SSSR count). The lowest BCUT2D eigenvalue weighted by Crippen LogP contribution is -2.24. The molecule has 7 nitrogen and oxygen atoms in total. The molecule has 0 bridgehead atoms. The van der Waals surface area contributed by atoms with Gasteiger partial charge in [-0.1, -0.05) is 6.07 Å². The van der Waals surface area contributed by atoms with E-state index < -0.39 is 0 Å². The second kappa shape index (κ2) is 7.49. The number of rotatable bonds is 5. The van der Waals surface area contributed by atoms with Gasteiger partial charge in [0.25, 0.3) is 5.56 Å². The molecule has 0 saturated carbocycles. The van der Waals surface area contributed by atoms with Crippen LogP contribution in [0.2, 0.25) is 0 Å². The Bertz CT molecular complexity index is 1030. The molecule has 0 saturated heterocycles. The van der Waals surface area contributed by atoms with E-state index in [1.54, 1.807) is 18.3 Å². The zero-order chi connectivity index (χ0) is 18.6. The topological polar surface area (TPSA) is 93.3 Å². The number of H-pyrrole nitrogens is 1. The Morgan fingerprint density at radius 2 is 1.96 bits per heavy atom. The molecule has 0 atom stereocenters. The second-order valence-corrected chi connectivity index (χ2v) is 6.30. The Morgan fingerprint density at radius 3 is 2.74 bits per heavy atom. The van der Waals surface area contributed by atoms with E-state index in [-0.39, 0.29) is 17.9 Å². The summed E-state index contributed by atoms with van der Waals surface area (Å²) in [7, 11) is 0. The number of ether oxygens (including phenoxy) is 2. The SMILES string of the molecule is O=C(CCc1cc2cc3c(cc2[nH]c1=O)OCCO3)NCc1ccccn1. The Hall–Kier alpha value is -3.35. The molecule has 2 N–H and O–H groups in total. The van der Waals surface area contributed by atoms with Crippen molar-refractivity contribution in [3.05, 3.63) is 64.2 Å². The first kappa shape index (κ1) is 17.1. The number of fused-ring (bicyclic) bond motifs is 2. The highest BCUT2D eigenvalue weighted by Crippen LogP contribution is 2.33. The summed E-state index contributed by atoms with van der Waals surface area (Å²) in [6.07, 6.45) is 2.27. The average Bonchev–Trinajstić information content (AvgIpc) is 2.70. The van der Waals surface area contributed by atoms with Crippen LogP contribution in [-0.4, -0.2) is 29.1 Å². The highest BCUT2D eigenvalue weighted by atomic mass is 16.6. The fraction of sp³-hybridized carbons (Fsp3) is 0.250. The highest BCUT2D eigenvalue weighted by molar-refractivity contribution is 5.83. The summed E-state index contributed by atoms with van der Waals surface area (Å²) in [5.74, 6) is 1.17. The number of hydrogen-bond donors (Lipinski definition) is 2. The third-order valence-corrected chi connectivity index (χ3v) is 4.40. The largest absolute Gasteiger partial charge is 0.486 e. The van der Waals surface area contributed by atoms with Gasteiger partial charge in [-0.3, -0.25) is 14.6 Å². The highest BCUT2D eigenvalue weighted by Gasteiger charge is 2.14. The number of hydrogen-bond acceptors (Lipinski definition) is 5. The Balaban J connectivity index is 1.44. The van der Waals surface area contributed by atoms with Crippen molar-refractivity contribution in [1.29, 1.82) is 0 Å². The number of nitrogens with one attached hydrogen (secondary N) is 2. The predicted octanol–water partition coefficient (Wildman–Crippen LogP) is 1.94. The number of nitrogens with zero attached hydrogens (tertiary/aromatic N) is 1. The van der Waals surface area contributed by atoms with Crippen molar-refractivity contribution in [2.45, 2.75) is 19.4 Å². The first-order valence-corrected chi connectivity index (χ1v) is 8.81. The fourth-order valence-corrected chi connectivity index (χ4v) is 3.00. The molecule has 3 aromatic rings. The number of aromatic amines is 1. The van der Waals surface area contributed by atoms with E-state index in [1.165, 1.54) is 0 Å². The van der Waals surface area contributed by atoms with Gasteiger partial charge in [0.15, 0.2) is 11.5 Å². The first-order chi connectivity index (χ1) is 13.2. The molecule has 0 spiro atoms. The Morgan fingerprint density at radius 1 is 1.15 bits per heavy atom. The number of amides is 1. The molecular weight excluding hydrogens is 346 g/mol. The van der Waals surface area contributed by atoms with Gasteiger partial charge in [0.05, 0.1) is 17.8 Å². The minimum Gasteiger partial charge on any atom is -0.486 e. The maximum atomic E-state index is 12.3. The van der Waals surface area contributed by atoms with Crippen LogP contribution in [0.4, 0.5) is 0 Å². The average molecular weight is 365 g/mol. The first-order valence-electron chi connectivity index (χ1n) is 8.81. The van der Waals surface area contributed by atoms with Gasteiger partial charge in [0.2, 0.25) is 5.91 Å². The number of carbonyl (C=O) groups excluding carboxylic acids is 1. The number of pyridine rings is 2. The summed E-state index contributed by atoms with van der Waals surface area (Å²) in [6, 6.07) is 11.0. The van der Waals surface area contributed by atoms with Crippen molar-refractivity contribution in [1.82, 2.24) is 15.3 Å². The summed E-state index contributed by atoms with van der Waals surface area (Å²) in [5.41, 5.74) is 1.85. The maximum absolute atomic E-state index is 12.3. The third kappa shape index (κ3) is 3.92. The summed E-state index contributed by atoms with van der Waals surface area (Å²) < 4.78 is 11.1. The predicted molar refractivity (Wildman–Crippen MR) is 100.0 cm³/mol. The van der Waals surface area contributed by atoms with Crippen molar-refractivity contribution in [2.24, 2.45) is 0 Å². The zero-order valence-electron chi connectivity index (χ0n) is 14.7. The van der Waals surface area contributed by atoms with Crippen molar-refractivity contribution < 1.29 is 14.3 Å². The van der Waals surface area contributed by atoms with Crippen LogP contribution in [0.1, 0.15) is 17.7 Å². The molecule has 0 fully saturated rings. The molecule has 0 aliphatic carbocycles. The minimum absolute atomic E-state index is 0.123. The van der Waals surface area contributed by atoms with Gasteiger partial charge in [-0.25, -0.2) is 0 Å². The van der Waals surface area contributed by atoms with Crippen LogP contribution in [-0.2, 0) is 17.8 Å². The normalized spacial score (nSPS) is 12.7. The molecule has 7 heteroatoms. The molecule has 0 unspecified atom stereocenters. The van der Waals surface area contributed by atoms with Crippen LogP contribution < -0.4 is 20.3 Å². The van der Waals surface area contributed by atoms with E-state index in [2.05, 4.69) is 15.3 Å². The molecule has 1 amide bonds. The number of benzene rings is 1. The standard InChI is InChI=1S/C20H19N3O4/c24-19(22-12-15-3-1-2-6-21-15)5-4-13-9-14-10-17-18(27-8-7-26-17)11-16(14)23-20(13)25/h1-3,6,9-11H,4-5,7-8,12H2,(H,22,24)(H,23,25). The lowest BCUT2D eigenvalue weighted by Gasteiger charge is -2.18. The smallest absolute Gasteiger partial charge is 0.251 e. The van der Waals surface area contributed by atoms with Crippen molar-refractivity contribution in [2.75, 3.05) is 13.2 Å². The Kier molecular flexibility index (Phi) is 4.74. The van der Waals surface area contributed by atoms with Gasteiger partial charge in [-0.2, -0.15) is 0 Å². The summed E-state index contributed by atoms with van der Waals surface area (Å²) in [4.78, 5) is 31.4. The van der Waals surface area contributed by atoms with Crippen LogP contribution in [0.3, 0.4) is 0 Å². The van der Waals surface area contributed by atoms with E-state index in [1.807, 2.05) is 24.3 Å². The molecule has 1 aliphatic heterocycles. The van der Waals surface area contributed by atoms with Crippen LogP contribution in [0.5, 0.6) is 11.5 Å². The summed E-state index contributed by atoms with van der Waals surface area (Å²) in [5, 5.41) is 3.67. The van der Waals surface area contributed by atoms with Crippen LogP contribution >= 0.6 is 0 Å². The number of carbonyl (C=O) groups is 1. The van der Waals surface area contributed by atoms with Crippen LogP contribution in [0, 0.1) is 0 Å². The molecule has 2 aromatic heterocycles. The van der Waals surface area contributed by atoms with Gasteiger partial charge in [0.1, 0.15) is 13.2 Å². The zero-order valence-corrected chi connectivity index (χ0v) is 14.7. The van der Waals surface area contributed by atoms with Gasteiger partial charge >= 0.3 is 0 Å². The second-order valence-electron chi connectivity index (χ2n) is 6.30. The molecule has 1 aliphatic rings. The minimum atomic E-state index is -0.197. The van der Waals surface area contributed by atoms with Gasteiger partial charge in [0, 0.05) is 29.6 Å². The van der Waals surface area contributed by atoms with E-state index in [4.69, 9.17) is 9.47 Å². The molecule has 138 valence electrons. The molecule has 27 heavy (non-hydrogen) atoms. The van der Waals surface area contributed by atoms with E-state index in [9.17, 15) is 9.59 Å². The maximum Gasteiger partial charge on any atom is 0.251 e. The van der Waals surface area contributed by atoms with E-state index in [0.717, 1.165) is 11.1 Å². The van der Waals surface area contributed by atoms with Gasteiger partial charge in [-0.15, -0.1) is 0 Å². The van der Waals surface area contributed by atoms with Crippen molar-refractivity contribution in [3.63, 3.8) is 0 Å². The molecular formula is C20H19N3O4. The van der Waals surface area contributed by atoms with Crippen LogP contribution in [0.15, 0.2) is 47.4 Å². The van der Waals surface area contributed by atoms with E-state index in [0.29, 0.717) is 48.8 Å². The Labute approximate surface area is 155 Å². The number of aryl methyl sites for hydroxylation is 1. The molecule has 3 heterocycles. The lowest BCUT2D eigenvalue weighted by atomic mass is 10.1. The van der Waals surface area contributed by atoms with Crippen molar-refractivity contribution >= 4 is 16.8 Å². The quantitative estimate of drug-likeness (QED) is 0.721. The molecule has 1 aromatic carbocycles. The third-order valence-electron chi connectivity index (χ3n) is 4.40. The molecule has 0 radical (unpaired) electrons. The van der Waals surface area contributed by atoms with Gasteiger partial charge < -0.3 is 19.8 Å². The van der Waals surface area contributed by atoms with Gasteiger partial charge in [-0.05, 0) is 30.7 Å². The lowest BCUT2D eigenvalue weighted by molar-refractivity contribution is -0.121. The monoisotopic (exact) mass is 365 g/mol. The summed E-state index contributed by atoms with van der Waals surface area (Å²) in [6.45, 7) is 1.37. The number of aromatic nitrogens is 2. The van der Waals surface area contributed by atoms with Crippen LogP contribution in [0.25, 0.3) is 10.9 Å². The van der Waals surface area contributed by atoms with Crippen molar-refractivity contribution in [3.8, 4) is 11.5 Å². The summed E-state index contributed by atoms with van der Waals surface area (Å²) >= 11 is 0. The van der Waals surface area contributed by atoms with E-state index >= 15 is 0 Å².